The van der Waals surface area contributed by atoms with Gasteiger partial charge >= 0.3 is 0 Å². The lowest BCUT2D eigenvalue weighted by Crippen LogP contribution is -2.21. The van der Waals surface area contributed by atoms with Gasteiger partial charge in [-0.15, -0.1) is 0 Å². The van der Waals surface area contributed by atoms with Gasteiger partial charge in [-0.2, -0.15) is 0 Å². The van der Waals surface area contributed by atoms with E-state index in [1.54, 1.807) is 18.6 Å². The molecule has 1 heterocycles. The zero-order valence-electron chi connectivity index (χ0n) is 9.60. The van der Waals surface area contributed by atoms with Gasteiger partial charge in [-0.3, -0.25) is 0 Å². The van der Waals surface area contributed by atoms with Gasteiger partial charge in [0.25, 0.3) is 0 Å². The van der Waals surface area contributed by atoms with E-state index in [1.165, 1.54) is 12.1 Å². The summed E-state index contributed by atoms with van der Waals surface area (Å²) in [6.45, 7) is 2.78. The van der Waals surface area contributed by atoms with Gasteiger partial charge in [0.1, 0.15) is 5.82 Å². The molecule has 3 N–H and O–H groups in total. The number of benzene rings is 1. The Hall–Kier alpha value is -2.04. The number of nitrogens with zero attached hydrogens (tertiary/aromatic N) is 2. The second kappa shape index (κ2) is 4.86. The predicted molar refractivity (Wildman–Crippen MR) is 66.1 cm³/mol. The Morgan fingerprint density at radius 1 is 1.47 bits per heavy atom. The molecule has 4 nitrogen and oxygen atoms in total. The third-order valence-corrected chi connectivity index (χ3v) is 2.38. The van der Waals surface area contributed by atoms with Crippen molar-refractivity contribution in [2.75, 3.05) is 11.1 Å². The van der Waals surface area contributed by atoms with Gasteiger partial charge in [0.05, 0.1) is 6.33 Å². The van der Waals surface area contributed by atoms with Gasteiger partial charge in [-0.25, -0.2) is 9.37 Å². The minimum Gasteiger partial charge on any atom is -0.399 e. The number of halogens is 1. The molecule has 0 fully saturated rings. The first kappa shape index (κ1) is 11.4. The predicted octanol–water partition coefficient (Wildman–Crippen LogP) is 2.10. The minimum atomic E-state index is -0.331. The molecule has 1 aromatic heterocycles. The lowest BCUT2D eigenvalue weighted by atomic mass is 10.2. The summed E-state index contributed by atoms with van der Waals surface area (Å²) in [5.41, 5.74) is 6.68. The van der Waals surface area contributed by atoms with Crippen molar-refractivity contribution in [2.24, 2.45) is 0 Å². The van der Waals surface area contributed by atoms with Crippen molar-refractivity contribution in [3.8, 4) is 0 Å². The molecule has 2 rings (SSSR count). The van der Waals surface area contributed by atoms with Crippen LogP contribution in [0.4, 0.5) is 15.8 Å². The van der Waals surface area contributed by atoms with Crippen LogP contribution in [0.5, 0.6) is 0 Å². The first-order valence-corrected chi connectivity index (χ1v) is 5.42. The second-order valence-electron chi connectivity index (χ2n) is 4.08. The number of hydrogen-bond acceptors (Lipinski definition) is 3. The van der Waals surface area contributed by atoms with E-state index in [1.807, 2.05) is 17.7 Å². The monoisotopic (exact) mass is 234 g/mol. The van der Waals surface area contributed by atoms with E-state index in [2.05, 4.69) is 10.3 Å². The number of nitrogens with one attached hydrogen (secondary N) is 1. The summed E-state index contributed by atoms with van der Waals surface area (Å²) in [5, 5.41) is 3.19. The summed E-state index contributed by atoms with van der Waals surface area (Å²) in [6.07, 6.45) is 5.36. The summed E-state index contributed by atoms with van der Waals surface area (Å²) in [6, 6.07) is 4.60. The Morgan fingerprint density at radius 2 is 2.29 bits per heavy atom. The number of hydrogen-bond donors (Lipinski definition) is 2. The van der Waals surface area contributed by atoms with Crippen molar-refractivity contribution in [2.45, 2.75) is 19.5 Å². The summed E-state index contributed by atoms with van der Waals surface area (Å²) in [5.74, 6) is -0.331. The van der Waals surface area contributed by atoms with E-state index < -0.39 is 0 Å². The number of imidazole rings is 1. The van der Waals surface area contributed by atoms with E-state index in [4.69, 9.17) is 5.73 Å². The summed E-state index contributed by atoms with van der Waals surface area (Å²) < 4.78 is 15.1. The minimum absolute atomic E-state index is 0.158. The summed E-state index contributed by atoms with van der Waals surface area (Å²) in [4.78, 5) is 3.97. The van der Waals surface area contributed by atoms with E-state index in [-0.39, 0.29) is 11.9 Å². The zero-order valence-corrected chi connectivity index (χ0v) is 9.60. The quantitative estimate of drug-likeness (QED) is 0.796. The zero-order chi connectivity index (χ0) is 12.3. The molecule has 1 atom stereocenters. The Balaban J connectivity index is 2.00. The Morgan fingerprint density at radius 3 is 2.94 bits per heavy atom. The molecule has 0 bridgehead atoms. The fourth-order valence-electron chi connectivity index (χ4n) is 1.74. The topological polar surface area (TPSA) is 55.9 Å². The van der Waals surface area contributed by atoms with Crippen molar-refractivity contribution < 1.29 is 4.39 Å². The van der Waals surface area contributed by atoms with Gasteiger partial charge in [0.2, 0.25) is 0 Å². The highest BCUT2D eigenvalue weighted by atomic mass is 19.1. The van der Waals surface area contributed by atoms with Crippen molar-refractivity contribution in [1.29, 1.82) is 0 Å². The summed E-state index contributed by atoms with van der Waals surface area (Å²) >= 11 is 0. The molecule has 0 aliphatic carbocycles. The largest absolute Gasteiger partial charge is 0.399 e. The van der Waals surface area contributed by atoms with Crippen molar-refractivity contribution in [3.05, 3.63) is 42.7 Å². The molecule has 1 unspecified atom stereocenters. The molecule has 5 heteroatoms. The second-order valence-corrected chi connectivity index (χ2v) is 4.08. The standard InChI is InChI=1S/C12H15FN4/c1-9(7-17-3-2-15-8-17)16-12-5-10(13)4-11(14)6-12/h2-6,8-9,16H,7,14H2,1H3. The van der Waals surface area contributed by atoms with E-state index in [9.17, 15) is 4.39 Å². The van der Waals surface area contributed by atoms with Crippen LogP contribution in [0, 0.1) is 5.82 Å². The maximum absolute atomic E-state index is 13.1. The fourth-order valence-corrected chi connectivity index (χ4v) is 1.74. The molecular formula is C12H15FN4. The van der Waals surface area contributed by atoms with Gasteiger partial charge in [0.15, 0.2) is 0 Å². The highest BCUT2D eigenvalue weighted by Gasteiger charge is 2.04. The Labute approximate surface area is 99.3 Å². The highest BCUT2D eigenvalue weighted by molar-refractivity contribution is 5.54. The van der Waals surface area contributed by atoms with Crippen molar-refractivity contribution in [3.63, 3.8) is 0 Å². The molecule has 90 valence electrons. The summed E-state index contributed by atoms with van der Waals surface area (Å²) in [7, 11) is 0. The third kappa shape index (κ3) is 3.21. The normalized spacial score (nSPS) is 12.4. The average molecular weight is 234 g/mol. The SMILES string of the molecule is CC(Cn1ccnc1)Nc1cc(N)cc(F)c1. The van der Waals surface area contributed by atoms with Crippen LogP contribution >= 0.6 is 0 Å². The molecule has 0 saturated heterocycles. The average Bonchev–Trinajstić information content (AvgIpc) is 2.67. The molecule has 17 heavy (non-hydrogen) atoms. The van der Waals surface area contributed by atoms with Crippen molar-refractivity contribution >= 4 is 11.4 Å². The third-order valence-electron chi connectivity index (χ3n) is 2.38. The molecule has 0 saturated carbocycles. The van der Waals surface area contributed by atoms with E-state index in [0.717, 1.165) is 6.54 Å². The molecule has 0 amide bonds. The molecule has 0 spiro atoms. The number of aromatic nitrogens is 2. The van der Waals surface area contributed by atoms with Gasteiger partial charge < -0.3 is 15.6 Å². The Kier molecular flexibility index (Phi) is 3.27. The smallest absolute Gasteiger partial charge is 0.127 e. The molecule has 0 radical (unpaired) electrons. The van der Waals surface area contributed by atoms with Crippen LogP contribution in [0.25, 0.3) is 0 Å². The molecule has 2 aromatic rings. The highest BCUT2D eigenvalue weighted by Crippen LogP contribution is 2.16. The molecule has 0 aliphatic heterocycles. The lowest BCUT2D eigenvalue weighted by Gasteiger charge is -2.16. The van der Waals surface area contributed by atoms with Gasteiger partial charge in [-0.05, 0) is 25.1 Å². The van der Waals surface area contributed by atoms with E-state index >= 15 is 0 Å². The van der Waals surface area contributed by atoms with Crippen LogP contribution in [0.3, 0.4) is 0 Å². The maximum atomic E-state index is 13.1. The molecule has 0 aliphatic rings. The van der Waals surface area contributed by atoms with Crippen LogP contribution in [-0.4, -0.2) is 15.6 Å². The number of anilines is 2. The first-order valence-electron chi connectivity index (χ1n) is 5.42. The fraction of sp³-hybridized carbons (Fsp3) is 0.250. The van der Waals surface area contributed by atoms with Crippen molar-refractivity contribution in [1.82, 2.24) is 9.55 Å². The Bertz CT molecular complexity index is 461. The van der Waals surface area contributed by atoms with Crippen LogP contribution in [0.15, 0.2) is 36.9 Å². The van der Waals surface area contributed by atoms with Gasteiger partial charge in [-0.1, -0.05) is 0 Å². The maximum Gasteiger partial charge on any atom is 0.127 e. The number of nitrogen functional groups attached to an aromatic ring is 1. The first-order chi connectivity index (χ1) is 8.13. The van der Waals surface area contributed by atoms with Crippen LogP contribution in [0.2, 0.25) is 0 Å². The lowest BCUT2D eigenvalue weighted by molar-refractivity contribution is 0.614. The molecular weight excluding hydrogens is 219 g/mol. The van der Waals surface area contributed by atoms with E-state index in [0.29, 0.717) is 11.4 Å². The number of rotatable bonds is 4. The van der Waals surface area contributed by atoms with Crippen LogP contribution in [0.1, 0.15) is 6.92 Å². The molecule has 1 aromatic carbocycles. The van der Waals surface area contributed by atoms with Crippen LogP contribution in [-0.2, 0) is 6.54 Å². The van der Waals surface area contributed by atoms with Crippen LogP contribution < -0.4 is 11.1 Å². The van der Waals surface area contributed by atoms with Gasteiger partial charge in [0, 0.05) is 36.4 Å². The number of nitrogens with two attached hydrogens (primary N) is 1.